The zero-order valence-corrected chi connectivity index (χ0v) is 14.2. The van der Waals surface area contributed by atoms with Crippen molar-refractivity contribution in [3.8, 4) is 11.5 Å². The molecule has 0 spiro atoms. The van der Waals surface area contributed by atoms with Crippen molar-refractivity contribution in [1.82, 2.24) is 4.90 Å². The van der Waals surface area contributed by atoms with Crippen molar-refractivity contribution < 1.29 is 28.2 Å². The van der Waals surface area contributed by atoms with Crippen LogP contribution in [0.25, 0.3) is 0 Å². The molecular weight excluding hydrogens is 368 g/mol. The highest BCUT2D eigenvalue weighted by Gasteiger charge is 2.42. The number of ether oxygens (including phenoxy) is 2. The highest BCUT2D eigenvalue weighted by atomic mass is 35.5. The van der Waals surface area contributed by atoms with E-state index in [4.69, 9.17) is 21.1 Å². The topological polar surface area (TPSA) is 59.0 Å². The molecule has 4 rings (SSSR count). The fourth-order valence-corrected chi connectivity index (χ4v) is 3.59. The van der Waals surface area contributed by atoms with Crippen LogP contribution in [0.15, 0.2) is 30.3 Å². The number of carbonyl (C=O) groups is 1. The number of hydrogen-bond acceptors (Lipinski definition) is 4. The van der Waals surface area contributed by atoms with Crippen molar-refractivity contribution in [3.63, 3.8) is 0 Å². The first kappa shape index (κ1) is 17.1. The molecular formula is C18H14ClF2NO4. The molecule has 0 saturated carbocycles. The third-order valence-electron chi connectivity index (χ3n) is 4.58. The van der Waals surface area contributed by atoms with Gasteiger partial charge in [-0.15, -0.1) is 0 Å². The van der Waals surface area contributed by atoms with Crippen LogP contribution in [0, 0.1) is 11.6 Å². The molecule has 26 heavy (non-hydrogen) atoms. The summed E-state index contributed by atoms with van der Waals surface area (Å²) in [6.45, 7) is 1.02. The Kier molecular flexibility index (Phi) is 4.20. The van der Waals surface area contributed by atoms with Crippen LogP contribution in [-0.4, -0.2) is 41.3 Å². The Hall–Kier alpha value is -2.38. The zero-order valence-electron chi connectivity index (χ0n) is 13.4. The Morgan fingerprint density at radius 3 is 2.23 bits per heavy atom. The Bertz CT molecular complexity index is 853. The van der Waals surface area contributed by atoms with Gasteiger partial charge in [0.2, 0.25) is 11.5 Å². The van der Waals surface area contributed by atoms with E-state index in [0.717, 1.165) is 12.1 Å². The summed E-state index contributed by atoms with van der Waals surface area (Å²) in [5.74, 6) is -2.88. The lowest BCUT2D eigenvalue weighted by molar-refractivity contribution is 0.0467. The summed E-state index contributed by atoms with van der Waals surface area (Å²) in [5, 5.41) is 9.69. The average molecular weight is 382 g/mol. The first-order valence-corrected chi connectivity index (χ1v) is 8.36. The Morgan fingerprint density at radius 2 is 1.69 bits per heavy atom. The monoisotopic (exact) mass is 381 g/mol. The minimum absolute atomic E-state index is 0.120. The van der Waals surface area contributed by atoms with E-state index in [2.05, 4.69) is 0 Å². The number of carboxylic acids is 1. The molecule has 1 N–H and O–H groups in total. The molecule has 0 bridgehead atoms. The lowest BCUT2D eigenvalue weighted by Gasteiger charge is -2.28. The molecule has 5 nitrogen and oxygen atoms in total. The zero-order chi connectivity index (χ0) is 18.4. The van der Waals surface area contributed by atoms with Crippen molar-refractivity contribution in [3.05, 3.63) is 58.1 Å². The molecule has 0 unspecified atom stereocenters. The molecule has 8 heteroatoms. The quantitative estimate of drug-likeness (QED) is 0.883. The van der Waals surface area contributed by atoms with E-state index in [1.807, 2.05) is 4.90 Å². The van der Waals surface area contributed by atoms with E-state index in [-0.39, 0.29) is 23.6 Å². The molecule has 2 aliphatic rings. The maximum Gasteiger partial charge on any atom is 0.336 e. The minimum atomic E-state index is -1.07. The van der Waals surface area contributed by atoms with Crippen LogP contribution in [-0.2, 0) is 6.54 Å². The lowest BCUT2D eigenvalue weighted by atomic mass is 10.1. The van der Waals surface area contributed by atoms with Gasteiger partial charge in [-0.25, -0.2) is 13.6 Å². The molecule has 2 aliphatic heterocycles. The van der Waals surface area contributed by atoms with Crippen LogP contribution in [0.4, 0.5) is 8.78 Å². The van der Waals surface area contributed by atoms with E-state index in [9.17, 15) is 18.7 Å². The van der Waals surface area contributed by atoms with Crippen molar-refractivity contribution in [2.24, 2.45) is 0 Å². The van der Waals surface area contributed by atoms with Gasteiger partial charge >= 0.3 is 5.97 Å². The highest BCUT2D eigenvalue weighted by molar-refractivity contribution is 6.31. The van der Waals surface area contributed by atoms with Gasteiger partial charge in [-0.1, -0.05) is 17.7 Å². The molecule has 2 atom stereocenters. The predicted molar refractivity (Wildman–Crippen MR) is 88.9 cm³/mol. The van der Waals surface area contributed by atoms with Crippen LogP contribution < -0.4 is 9.47 Å². The van der Waals surface area contributed by atoms with Crippen LogP contribution in [0.3, 0.4) is 0 Å². The van der Waals surface area contributed by atoms with Gasteiger partial charge in [0.15, 0.2) is 11.6 Å². The number of aromatic carboxylic acids is 1. The molecule has 0 radical (unpaired) electrons. The van der Waals surface area contributed by atoms with E-state index < -0.39 is 29.8 Å². The molecule has 2 aromatic rings. The lowest BCUT2D eigenvalue weighted by Crippen LogP contribution is -2.39. The van der Waals surface area contributed by atoms with Gasteiger partial charge in [-0.2, -0.15) is 0 Å². The van der Waals surface area contributed by atoms with Crippen molar-refractivity contribution in [2.45, 2.75) is 18.8 Å². The van der Waals surface area contributed by atoms with E-state index in [1.54, 1.807) is 12.1 Å². The fourth-order valence-electron chi connectivity index (χ4n) is 3.35. The van der Waals surface area contributed by atoms with Crippen LogP contribution in [0.5, 0.6) is 11.5 Å². The first-order chi connectivity index (χ1) is 12.4. The Morgan fingerprint density at radius 1 is 1.12 bits per heavy atom. The summed E-state index contributed by atoms with van der Waals surface area (Å²) in [6.07, 6.45) is -0.955. The van der Waals surface area contributed by atoms with Crippen LogP contribution >= 0.6 is 11.6 Å². The smallest absolute Gasteiger partial charge is 0.336 e. The Labute approximate surface area is 152 Å². The predicted octanol–water partition coefficient (Wildman–Crippen LogP) is 3.34. The van der Waals surface area contributed by atoms with Gasteiger partial charge < -0.3 is 14.6 Å². The standard InChI is InChI=1S/C18H14ClF2NO4/c19-11-3-1-2-9(18(23)24)10(11)6-22-7-14-15(8-22)26-17-13(21)5-4-12(20)16(17)25-14/h1-5,14-15H,6-8H2,(H,23,24)/t14-,15+. The van der Waals surface area contributed by atoms with E-state index >= 15 is 0 Å². The summed E-state index contributed by atoms with van der Waals surface area (Å²) < 4.78 is 39.0. The third kappa shape index (κ3) is 2.87. The largest absolute Gasteiger partial charge is 0.478 e. The molecule has 0 amide bonds. The van der Waals surface area contributed by atoms with Gasteiger partial charge in [-0.05, 0) is 29.8 Å². The molecule has 1 saturated heterocycles. The van der Waals surface area contributed by atoms with Crippen molar-refractivity contribution in [2.75, 3.05) is 13.1 Å². The second kappa shape index (κ2) is 6.41. The van der Waals surface area contributed by atoms with Gasteiger partial charge in [0, 0.05) is 24.7 Å². The maximum atomic E-state index is 13.9. The first-order valence-electron chi connectivity index (χ1n) is 7.98. The molecule has 2 aromatic carbocycles. The molecule has 1 fully saturated rings. The second-order valence-corrected chi connectivity index (χ2v) is 6.67. The van der Waals surface area contributed by atoms with E-state index in [0.29, 0.717) is 23.7 Å². The molecule has 2 heterocycles. The average Bonchev–Trinajstić information content (AvgIpc) is 3.00. The van der Waals surface area contributed by atoms with Crippen LogP contribution in [0.1, 0.15) is 15.9 Å². The van der Waals surface area contributed by atoms with Crippen molar-refractivity contribution in [1.29, 1.82) is 0 Å². The summed E-state index contributed by atoms with van der Waals surface area (Å²) >= 11 is 6.17. The number of hydrogen-bond donors (Lipinski definition) is 1. The minimum Gasteiger partial charge on any atom is -0.478 e. The maximum absolute atomic E-state index is 13.9. The molecule has 0 aromatic heterocycles. The fraction of sp³-hybridized carbons (Fsp3) is 0.278. The number of nitrogens with zero attached hydrogens (tertiary/aromatic N) is 1. The van der Waals surface area contributed by atoms with Gasteiger partial charge in [0.05, 0.1) is 5.56 Å². The normalized spacial score (nSPS) is 21.5. The van der Waals surface area contributed by atoms with Gasteiger partial charge in [0.1, 0.15) is 12.2 Å². The number of halogens is 3. The SMILES string of the molecule is O=C(O)c1cccc(Cl)c1CN1C[C@@H]2Oc3c(F)ccc(F)c3O[C@@H]2C1. The summed E-state index contributed by atoms with van der Waals surface area (Å²) in [6, 6.07) is 6.68. The van der Waals surface area contributed by atoms with E-state index in [1.165, 1.54) is 6.07 Å². The van der Waals surface area contributed by atoms with Crippen molar-refractivity contribution >= 4 is 17.6 Å². The number of carboxylic acid groups (broad SMARTS) is 1. The summed E-state index contributed by atoms with van der Waals surface area (Å²) in [4.78, 5) is 13.3. The molecule has 0 aliphatic carbocycles. The number of likely N-dealkylation sites (tertiary alicyclic amines) is 1. The third-order valence-corrected chi connectivity index (χ3v) is 4.93. The summed E-state index contributed by atoms with van der Waals surface area (Å²) in [7, 11) is 0. The number of fused-ring (bicyclic) bond motifs is 2. The summed E-state index contributed by atoms with van der Waals surface area (Å²) in [5.41, 5.74) is 0.602. The Balaban J connectivity index is 1.56. The highest BCUT2D eigenvalue weighted by Crippen LogP contribution is 2.40. The second-order valence-electron chi connectivity index (χ2n) is 6.27. The van der Waals surface area contributed by atoms with Crippen LogP contribution in [0.2, 0.25) is 5.02 Å². The van der Waals surface area contributed by atoms with Gasteiger partial charge in [0.25, 0.3) is 0 Å². The number of benzene rings is 2. The van der Waals surface area contributed by atoms with Gasteiger partial charge in [-0.3, -0.25) is 4.90 Å². The number of rotatable bonds is 3. The molecule has 136 valence electrons.